The highest BCUT2D eigenvalue weighted by atomic mass is 16.5. The standard InChI is InChI=1S/C13H19N3O2/c1-17-12-5-2-4-11-13(12)18-9-10(16(11)14)8-15-6-3-7-15/h2,4-5,10H,3,6-9,14H2,1H3. The molecule has 5 nitrogen and oxygen atoms in total. The molecule has 0 saturated carbocycles. The van der Waals surface area contributed by atoms with Gasteiger partial charge in [0.1, 0.15) is 6.61 Å². The van der Waals surface area contributed by atoms with Gasteiger partial charge in [0, 0.05) is 6.54 Å². The molecule has 1 unspecified atom stereocenters. The number of fused-ring (bicyclic) bond motifs is 1. The van der Waals surface area contributed by atoms with Crippen LogP contribution < -0.4 is 20.3 Å². The zero-order valence-electron chi connectivity index (χ0n) is 10.6. The summed E-state index contributed by atoms with van der Waals surface area (Å²) >= 11 is 0. The zero-order chi connectivity index (χ0) is 12.5. The second-order valence-electron chi connectivity index (χ2n) is 4.83. The third-order valence-corrected chi connectivity index (χ3v) is 3.69. The van der Waals surface area contributed by atoms with E-state index in [1.807, 2.05) is 23.2 Å². The van der Waals surface area contributed by atoms with Crippen molar-refractivity contribution >= 4 is 5.69 Å². The van der Waals surface area contributed by atoms with E-state index in [1.165, 1.54) is 19.5 Å². The Morgan fingerprint density at radius 3 is 2.94 bits per heavy atom. The van der Waals surface area contributed by atoms with Gasteiger partial charge in [0.25, 0.3) is 0 Å². The number of nitrogens with zero attached hydrogens (tertiary/aromatic N) is 2. The Labute approximate surface area is 107 Å². The highest BCUT2D eigenvalue weighted by Crippen LogP contribution is 2.39. The minimum atomic E-state index is 0.213. The molecule has 5 heteroatoms. The molecule has 98 valence electrons. The predicted molar refractivity (Wildman–Crippen MR) is 70.0 cm³/mol. The Kier molecular flexibility index (Phi) is 3.01. The fourth-order valence-corrected chi connectivity index (χ4v) is 2.47. The van der Waals surface area contributed by atoms with Crippen LogP contribution >= 0.6 is 0 Å². The monoisotopic (exact) mass is 249 g/mol. The number of hydrazine groups is 1. The molecule has 2 aliphatic heterocycles. The van der Waals surface area contributed by atoms with Gasteiger partial charge in [-0.15, -0.1) is 0 Å². The maximum atomic E-state index is 6.21. The van der Waals surface area contributed by atoms with Crippen LogP contribution in [0.15, 0.2) is 18.2 Å². The van der Waals surface area contributed by atoms with Crippen LogP contribution in [0.5, 0.6) is 11.5 Å². The molecule has 18 heavy (non-hydrogen) atoms. The predicted octanol–water partition coefficient (Wildman–Crippen LogP) is 0.842. The van der Waals surface area contributed by atoms with E-state index >= 15 is 0 Å². The maximum Gasteiger partial charge on any atom is 0.185 e. The number of ether oxygens (including phenoxy) is 2. The van der Waals surface area contributed by atoms with Crippen molar-refractivity contribution in [1.29, 1.82) is 0 Å². The highest BCUT2D eigenvalue weighted by molar-refractivity contribution is 5.65. The van der Waals surface area contributed by atoms with Gasteiger partial charge < -0.3 is 14.4 Å². The van der Waals surface area contributed by atoms with Gasteiger partial charge in [-0.3, -0.25) is 5.01 Å². The third kappa shape index (κ3) is 1.89. The summed E-state index contributed by atoms with van der Waals surface area (Å²) in [5.74, 6) is 7.71. The number of para-hydroxylation sites is 1. The number of methoxy groups -OCH3 is 1. The number of anilines is 1. The van der Waals surface area contributed by atoms with Gasteiger partial charge >= 0.3 is 0 Å². The van der Waals surface area contributed by atoms with Crippen LogP contribution in [0.2, 0.25) is 0 Å². The topological polar surface area (TPSA) is 51.0 Å². The second kappa shape index (κ2) is 4.66. The van der Waals surface area contributed by atoms with E-state index in [9.17, 15) is 0 Å². The van der Waals surface area contributed by atoms with Gasteiger partial charge in [-0.2, -0.15) is 0 Å². The van der Waals surface area contributed by atoms with Crippen LogP contribution in [0, 0.1) is 0 Å². The number of hydrogen-bond acceptors (Lipinski definition) is 5. The quantitative estimate of drug-likeness (QED) is 0.805. The van der Waals surface area contributed by atoms with Crippen LogP contribution in [-0.4, -0.2) is 44.3 Å². The van der Waals surface area contributed by atoms with E-state index in [-0.39, 0.29) is 6.04 Å². The molecule has 1 aromatic rings. The van der Waals surface area contributed by atoms with Gasteiger partial charge in [0.2, 0.25) is 0 Å². The smallest absolute Gasteiger partial charge is 0.185 e. The molecule has 3 rings (SSSR count). The van der Waals surface area contributed by atoms with E-state index in [0.29, 0.717) is 6.61 Å². The van der Waals surface area contributed by atoms with Gasteiger partial charge in [-0.25, -0.2) is 5.84 Å². The van der Waals surface area contributed by atoms with E-state index in [2.05, 4.69) is 4.90 Å². The normalized spacial score (nSPS) is 23.0. The van der Waals surface area contributed by atoms with Gasteiger partial charge in [0.15, 0.2) is 11.5 Å². The molecule has 0 spiro atoms. The average Bonchev–Trinajstić information content (AvgIpc) is 2.35. The van der Waals surface area contributed by atoms with Crippen molar-refractivity contribution in [2.75, 3.05) is 38.4 Å². The lowest BCUT2D eigenvalue weighted by Crippen LogP contribution is -2.55. The number of rotatable bonds is 3. The molecule has 1 fully saturated rings. The van der Waals surface area contributed by atoms with E-state index in [0.717, 1.165) is 23.7 Å². The van der Waals surface area contributed by atoms with Crippen molar-refractivity contribution < 1.29 is 9.47 Å². The summed E-state index contributed by atoms with van der Waals surface area (Å²) in [4.78, 5) is 2.40. The molecule has 0 amide bonds. The summed E-state index contributed by atoms with van der Waals surface area (Å²) in [5, 5.41) is 1.82. The lowest BCUT2D eigenvalue weighted by Gasteiger charge is -2.40. The minimum absolute atomic E-state index is 0.213. The van der Waals surface area contributed by atoms with E-state index in [1.54, 1.807) is 7.11 Å². The van der Waals surface area contributed by atoms with Gasteiger partial charge in [0.05, 0.1) is 18.8 Å². The molecule has 2 aliphatic rings. The zero-order valence-corrected chi connectivity index (χ0v) is 10.6. The van der Waals surface area contributed by atoms with Crippen molar-refractivity contribution in [2.45, 2.75) is 12.5 Å². The van der Waals surface area contributed by atoms with Crippen molar-refractivity contribution in [3.8, 4) is 11.5 Å². The first-order valence-corrected chi connectivity index (χ1v) is 6.35. The molecule has 1 atom stereocenters. The highest BCUT2D eigenvalue weighted by Gasteiger charge is 2.30. The first-order chi connectivity index (χ1) is 8.79. The number of hydrogen-bond donors (Lipinski definition) is 1. The largest absolute Gasteiger partial charge is 0.493 e. The van der Waals surface area contributed by atoms with Crippen molar-refractivity contribution in [3.05, 3.63) is 18.2 Å². The summed E-state index contributed by atoms with van der Waals surface area (Å²) < 4.78 is 11.1. The van der Waals surface area contributed by atoms with Crippen molar-refractivity contribution in [1.82, 2.24) is 4.90 Å². The van der Waals surface area contributed by atoms with Crippen LogP contribution in [-0.2, 0) is 0 Å². The molecule has 0 aromatic heterocycles. The van der Waals surface area contributed by atoms with Crippen LogP contribution in [0.25, 0.3) is 0 Å². The second-order valence-corrected chi connectivity index (χ2v) is 4.83. The Morgan fingerprint density at radius 2 is 2.28 bits per heavy atom. The number of nitrogens with two attached hydrogens (primary N) is 1. The van der Waals surface area contributed by atoms with Crippen LogP contribution in [0.3, 0.4) is 0 Å². The fourth-order valence-electron chi connectivity index (χ4n) is 2.47. The summed E-state index contributed by atoms with van der Waals surface area (Å²) in [7, 11) is 1.64. The molecule has 2 heterocycles. The minimum Gasteiger partial charge on any atom is -0.493 e. The first-order valence-electron chi connectivity index (χ1n) is 6.35. The van der Waals surface area contributed by atoms with Gasteiger partial charge in [-0.05, 0) is 31.6 Å². The van der Waals surface area contributed by atoms with Crippen LogP contribution in [0.1, 0.15) is 6.42 Å². The molecule has 2 N–H and O–H groups in total. The molecule has 1 aromatic carbocycles. The summed E-state index contributed by atoms with van der Waals surface area (Å²) in [6.07, 6.45) is 1.29. The van der Waals surface area contributed by atoms with Crippen LogP contribution in [0.4, 0.5) is 5.69 Å². The Morgan fingerprint density at radius 1 is 1.44 bits per heavy atom. The number of likely N-dealkylation sites (tertiary alicyclic amines) is 1. The number of benzene rings is 1. The average molecular weight is 249 g/mol. The summed E-state index contributed by atoms with van der Waals surface area (Å²) in [5.41, 5.74) is 0.908. The molecular weight excluding hydrogens is 230 g/mol. The molecule has 1 saturated heterocycles. The summed E-state index contributed by atoms with van der Waals surface area (Å²) in [6.45, 7) is 3.93. The molecular formula is C13H19N3O2. The van der Waals surface area contributed by atoms with E-state index in [4.69, 9.17) is 15.3 Å². The lowest BCUT2D eigenvalue weighted by molar-refractivity contribution is 0.141. The van der Waals surface area contributed by atoms with Crippen molar-refractivity contribution in [3.63, 3.8) is 0 Å². The lowest BCUT2D eigenvalue weighted by atomic mass is 10.1. The summed E-state index contributed by atoms with van der Waals surface area (Å²) in [6, 6.07) is 6.01. The molecule has 0 radical (unpaired) electrons. The SMILES string of the molecule is COc1cccc2c1OCC(CN1CCC1)N2N. The Hall–Kier alpha value is -1.46. The third-order valence-electron chi connectivity index (χ3n) is 3.69. The van der Waals surface area contributed by atoms with Crippen molar-refractivity contribution in [2.24, 2.45) is 5.84 Å². The van der Waals surface area contributed by atoms with Gasteiger partial charge in [-0.1, -0.05) is 6.07 Å². The molecule has 0 aliphatic carbocycles. The first kappa shape index (κ1) is 11.6. The molecule has 0 bridgehead atoms. The van der Waals surface area contributed by atoms with E-state index < -0.39 is 0 Å². The Bertz CT molecular complexity index is 434. The maximum absolute atomic E-state index is 6.21. The fraction of sp³-hybridized carbons (Fsp3) is 0.538. The Balaban J connectivity index is 1.80.